The van der Waals surface area contributed by atoms with E-state index in [1.807, 2.05) is 33.8 Å². The summed E-state index contributed by atoms with van der Waals surface area (Å²) in [5.74, 6) is -0.979. The molecule has 1 unspecified atom stereocenters. The number of carbonyl (C=O) groups is 2. The Labute approximate surface area is 135 Å². The van der Waals surface area contributed by atoms with E-state index in [4.69, 9.17) is 5.11 Å². The van der Waals surface area contributed by atoms with Gasteiger partial charge in [0, 0.05) is 16.9 Å². The number of hydrogen-bond acceptors (Lipinski definition) is 5. The van der Waals surface area contributed by atoms with Crippen LogP contribution in [-0.2, 0) is 9.59 Å². The highest BCUT2D eigenvalue weighted by molar-refractivity contribution is 7.99. The zero-order valence-electron chi connectivity index (χ0n) is 13.6. The van der Waals surface area contributed by atoms with Crippen molar-refractivity contribution in [3.8, 4) is 0 Å². The largest absolute Gasteiger partial charge is 0.481 e. The van der Waals surface area contributed by atoms with Gasteiger partial charge in [0.25, 0.3) is 0 Å². The molecule has 0 saturated heterocycles. The fraction of sp³-hybridized carbons (Fsp3) is 0.600. The Hall–Kier alpha value is -1.63. The predicted molar refractivity (Wildman–Crippen MR) is 85.9 cm³/mol. The van der Waals surface area contributed by atoms with E-state index in [1.165, 1.54) is 11.8 Å². The first-order valence-corrected chi connectivity index (χ1v) is 8.09. The smallest absolute Gasteiger partial charge is 0.305 e. The van der Waals surface area contributed by atoms with E-state index in [1.54, 1.807) is 6.92 Å². The van der Waals surface area contributed by atoms with E-state index in [0.717, 1.165) is 11.4 Å². The minimum atomic E-state index is -0.929. The Kier molecular flexibility index (Phi) is 6.34. The number of aliphatic carboxylic acids is 1. The van der Waals surface area contributed by atoms with Crippen LogP contribution in [0.4, 0.5) is 0 Å². The maximum atomic E-state index is 12.1. The lowest BCUT2D eigenvalue weighted by atomic mass is 9.85. The Morgan fingerprint density at radius 3 is 2.32 bits per heavy atom. The lowest BCUT2D eigenvalue weighted by molar-refractivity contribution is -0.139. The van der Waals surface area contributed by atoms with Crippen LogP contribution in [0.5, 0.6) is 0 Å². The number of carbonyl (C=O) groups excluding carboxylic acids is 1. The summed E-state index contributed by atoms with van der Waals surface area (Å²) >= 11 is 1.25. The molecule has 1 heterocycles. The third-order valence-corrected chi connectivity index (χ3v) is 4.36. The fourth-order valence-corrected chi connectivity index (χ4v) is 2.70. The molecule has 1 atom stereocenters. The SMILES string of the molecule is Cc1cc(C)nc(SCC(=O)NC(C)(CC(=O)O)C(C)C)n1. The quantitative estimate of drug-likeness (QED) is 0.590. The van der Waals surface area contributed by atoms with Crippen LogP contribution in [0.2, 0.25) is 0 Å². The lowest BCUT2D eigenvalue weighted by Gasteiger charge is -2.33. The molecule has 22 heavy (non-hydrogen) atoms. The van der Waals surface area contributed by atoms with E-state index >= 15 is 0 Å². The number of hydrogen-bond donors (Lipinski definition) is 2. The molecule has 0 aliphatic carbocycles. The minimum Gasteiger partial charge on any atom is -0.481 e. The van der Waals surface area contributed by atoms with Gasteiger partial charge < -0.3 is 10.4 Å². The molecule has 0 aliphatic heterocycles. The molecule has 0 bridgehead atoms. The van der Waals surface area contributed by atoms with Crippen molar-refractivity contribution in [3.63, 3.8) is 0 Å². The maximum absolute atomic E-state index is 12.1. The van der Waals surface area contributed by atoms with Gasteiger partial charge in [-0.15, -0.1) is 0 Å². The van der Waals surface area contributed by atoms with Gasteiger partial charge >= 0.3 is 5.97 Å². The van der Waals surface area contributed by atoms with Crippen molar-refractivity contribution < 1.29 is 14.7 Å². The Bertz CT molecular complexity index is 543. The molecule has 2 N–H and O–H groups in total. The summed E-state index contributed by atoms with van der Waals surface area (Å²) in [4.78, 5) is 31.6. The summed E-state index contributed by atoms with van der Waals surface area (Å²) in [6, 6.07) is 1.87. The molecule has 6 nitrogen and oxygen atoms in total. The van der Waals surface area contributed by atoms with Gasteiger partial charge in [0.05, 0.1) is 12.2 Å². The van der Waals surface area contributed by atoms with E-state index in [2.05, 4.69) is 15.3 Å². The van der Waals surface area contributed by atoms with Gasteiger partial charge in [0.2, 0.25) is 5.91 Å². The van der Waals surface area contributed by atoms with Crippen LogP contribution in [0.1, 0.15) is 38.6 Å². The van der Waals surface area contributed by atoms with Gasteiger partial charge in [-0.2, -0.15) is 0 Å². The van der Waals surface area contributed by atoms with Crippen LogP contribution in [0.15, 0.2) is 11.2 Å². The lowest BCUT2D eigenvalue weighted by Crippen LogP contribution is -2.51. The third-order valence-electron chi connectivity index (χ3n) is 3.51. The Balaban J connectivity index is 2.66. The number of nitrogens with zero attached hydrogens (tertiary/aromatic N) is 2. The summed E-state index contributed by atoms with van der Waals surface area (Å²) in [7, 11) is 0. The topological polar surface area (TPSA) is 92.2 Å². The first-order valence-electron chi connectivity index (χ1n) is 7.10. The fourth-order valence-electron chi connectivity index (χ4n) is 1.95. The van der Waals surface area contributed by atoms with E-state index in [-0.39, 0.29) is 24.0 Å². The van der Waals surface area contributed by atoms with E-state index in [9.17, 15) is 9.59 Å². The van der Waals surface area contributed by atoms with Gasteiger partial charge in [0.15, 0.2) is 5.16 Å². The monoisotopic (exact) mass is 325 g/mol. The van der Waals surface area contributed by atoms with Crippen LogP contribution in [-0.4, -0.2) is 38.2 Å². The number of aromatic nitrogens is 2. The molecule has 0 aromatic carbocycles. The van der Waals surface area contributed by atoms with Crippen LogP contribution in [0.3, 0.4) is 0 Å². The standard InChI is InChI=1S/C15H23N3O3S/c1-9(2)15(5,7-13(20)21)18-12(19)8-22-14-16-10(3)6-11(4)17-14/h6,9H,7-8H2,1-5H3,(H,18,19)(H,20,21). The normalized spacial score (nSPS) is 13.7. The highest BCUT2D eigenvalue weighted by Crippen LogP contribution is 2.21. The van der Waals surface area contributed by atoms with Gasteiger partial charge in [-0.25, -0.2) is 9.97 Å². The molecular formula is C15H23N3O3S. The zero-order valence-corrected chi connectivity index (χ0v) is 14.5. The van der Waals surface area contributed by atoms with Gasteiger partial charge in [-0.3, -0.25) is 9.59 Å². The first kappa shape index (κ1) is 18.4. The molecule has 0 aliphatic rings. The van der Waals surface area contributed by atoms with Crippen LogP contribution in [0, 0.1) is 19.8 Å². The highest BCUT2D eigenvalue weighted by Gasteiger charge is 2.32. The molecule has 0 spiro atoms. The number of carboxylic acid groups (broad SMARTS) is 1. The molecule has 7 heteroatoms. The van der Waals surface area contributed by atoms with Crippen LogP contribution in [0.25, 0.3) is 0 Å². The molecule has 1 rings (SSSR count). The average molecular weight is 325 g/mol. The Morgan fingerprint density at radius 2 is 1.86 bits per heavy atom. The Morgan fingerprint density at radius 1 is 1.32 bits per heavy atom. The summed E-state index contributed by atoms with van der Waals surface area (Å²) in [6.45, 7) is 9.29. The molecule has 1 aromatic heterocycles. The third kappa shape index (κ3) is 5.63. The molecule has 0 saturated carbocycles. The highest BCUT2D eigenvalue weighted by atomic mass is 32.2. The van der Waals surface area contributed by atoms with Gasteiger partial charge in [-0.1, -0.05) is 25.6 Å². The summed E-state index contributed by atoms with van der Waals surface area (Å²) in [5.41, 5.74) is 0.939. The number of rotatable bonds is 7. The van der Waals surface area contributed by atoms with Crippen molar-refractivity contribution in [2.75, 3.05) is 5.75 Å². The second kappa shape index (κ2) is 7.58. The van der Waals surface area contributed by atoms with Crippen molar-refractivity contribution in [2.45, 2.75) is 51.7 Å². The van der Waals surface area contributed by atoms with E-state index < -0.39 is 11.5 Å². The zero-order chi connectivity index (χ0) is 16.9. The van der Waals surface area contributed by atoms with Crippen LogP contribution >= 0.6 is 11.8 Å². The van der Waals surface area contributed by atoms with Crippen molar-refractivity contribution in [1.82, 2.24) is 15.3 Å². The average Bonchev–Trinajstić information content (AvgIpc) is 2.34. The number of thioether (sulfide) groups is 1. The second-order valence-corrected chi connectivity index (χ2v) is 6.86. The number of carboxylic acids is 1. The molecular weight excluding hydrogens is 302 g/mol. The van der Waals surface area contributed by atoms with Crippen molar-refractivity contribution >= 4 is 23.6 Å². The minimum absolute atomic E-state index is 0.00927. The molecule has 1 aromatic rings. The maximum Gasteiger partial charge on any atom is 0.305 e. The second-order valence-electron chi connectivity index (χ2n) is 5.91. The number of amides is 1. The van der Waals surface area contributed by atoms with Gasteiger partial charge in [-0.05, 0) is 32.8 Å². The van der Waals surface area contributed by atoms with Crippen molar-refractivity contribution in [3.05, 3.63) is 17.5 Å². The summed E-state index contributed by atoms with van der Waals surface area (Å²) < 4.78 is 0. The van der Waals surface area contributed by atoms with Gasteiger partial charge in [0.1, 0.15) is 0 Å². The molecule has 1 amide bonds. The predicted octanol–water partition coefficient (Wildman–Crippen LogP) is 2.19. The van der Waals surface area contributed by atoms with Crippen molar-refractivity contribution in [2.24, 2.45) is 5.92 Å². The molecule has 122 valence electrons. The van der Waals surface area contributed by atoms with E-state index in [0.29, 0.717) is 5.16 Å². The van der Waals surface area contributed by atoms with Crippen LogP contribution < -0.4 is 5.32 Å². The molecule has 0 fully saturated rings. The summed E-state index contributed by atoms with van der Waals surface area (Å²) in [5, 5.41) is 12.4. The van der Waals surface area contributed by atoms with Crippen molar-refractivity contribution in [1.29, 1.82) is 0 Å². The number of nitrogens with one attached hydrogen (secondary N) is 1. The molecule has 0 radical (unpaired) electrons. The summed E-state index contributed by atoms with van der Waals surface area (Å²) in [6.07, 6.45) is -0.110. The first-order chi connectivity index (χ1) is 10.1. The number of aryl methyl sites for hydroxylation is 2.